The van der Waals surface area contributed by atoms with Crippen molar-refractivity contribution < 1.29 is 4.74 Å². The molecule has 0 aliphatic heterocycles. The van der Waals surface area contributed by atoms with Gasteiger partial charge in [0.05, 0.1) is 6.26 Å². The highest BCUT2D eigenvalue weighted by Gasteiger charge is 1.87. The molecule has 1 aromatic carbocycles. The Morgan fingerprint density at radius 3 is 2.69 bits per heavy atom. The van der Waals surface area contributed by atoms with Gasteiger partial charge in [-0.05, 0) is 18.6 Å². The molecule has 0 aliphatic carbocycles. The molecule has 0 atom stereocenters. The zero-order chi connectivity index (χ0) is 9.52. The summed E-state index contributed by atoms with van der Waals surface area (Å²) in [6, 6.07) is 10.1. The maximum atomic E-state index is 5.29. The van der Waals surface area contributed by atoms with E-state index in [1.54, 1.807) is 6.26 Å². The van der Waals surface area contributed by atoms with Gasteiger partial charge in [0.1, 0.15) is 6.61 Å². The van der Waals surface area contributed by atoms with Gasteiger partial charge < -0.3 is 4.74 Å². The van der Waals surface area contributed by atoms with E-state index in [0.29, 0.717) is 6.61 Å². The molecular weight excluding hydrogens is 160 g/mol. The van der Waals surface area contributed by atoms with Crippen molar-refractivity contribution in [3.63, 3.8) is 0 Å². The number of allylic oxidation sites excluding steroid dienone is 2. The second kappa shape index (κ2) is 5.20. The standard InChI is InChI=1S/C12H14O/c1-11(2)8-9-13-10-12-6-4-3-5-7-12/h3-9H,1,10H2,2H3. The largest absolute Gasteiger partial charge is 0.497 e. The molecule has 68 valence electrons. The maximum Gasteiger partial charge on any atom is 0.112 e. The summed E-state index contributed by atoms with van der Waals surface area (Å²) < 4.78 is 5.29. The fourth-order valence-electron chi connectivity index (χ4n) is 0.883. The van der Waals surface area contributed by atoms with Gasteiger partial charge in [0.2, 0.25) is 0 Å². The third-order valence-electron chi connectivity index (χ3n) is 1.54. The topological polar surface area (TPSA) is 9.23 Å². The summed E-state index contributed by atoms with van der Waals surface area (Å²) in [5, 5.41) is 0. The minimum atomic E-state index is 0.616. The van der Waals surface area contributed by atoms with E-state index in [-0.39, 0.29) is 0 Å². The lowest BCUT2D eigenvalue weighted by atomic mass is 10.2. The van der Waals surface area contributed by atoms with Crippen LogP contribution in [0.2, 0.25) is 0 Å². The molecule has 0 bridgehead atoms. The van der Waals surface area contributed by atoms with Crippen LogP contribution >= 0.6 is 0 Å². The van der Waals surface area contributed by atoms with E-state index in [9.17, 15) is 0 Å². The van der Waals surface area contributed by atoms with E-state index in [0.717, 1.165) is 5.57 Å². The molecule has 0 spiro atoms. The quantitative estimate of drug-likeness (QED) is 0.502. The maximum absolute atomic E-state index is 5.29. The number of ether oxygens (including phenoxy) is 1. The molecule has 1 aromatic rings. The summed E-state index contributed by atoms with van der Waals surface area (Å²) >= 11 is 0. The van der Waals surface area contributed by atoms with Crippen LogP contribution in [0, 0.1) is 0 Å². The van der Waals surface area contributed by atoms with E-state index in [2.05, 4.69) is 6.58 Å². The molecule has 0 heterocycles. The lowest BCUT2D eigenvalue weighted by molar-refractivity contribution is 0.236. The van der Waals surface area contributed by atoms with Gasteiger partial charge in [-0.1, -0.05) is 42.5 Å². The molecule has 1 rings (SSSR count). The third-order valence-corrected chi connectivity index (χ3v) is 1.54. The van der Waals surface area contributed by atoms with Gasteiger partial charge in [0.25, 0.3) is 0 Å². The molecule has 0 saturated heterocycles. The summed E-state index contributed by atoms with van der Waals surface area (Å²) in [5.74, 6) is 0. The molecule has 0 saturated carbocycles. The minimum Gasteiger partial charge on any atom is -0.497 e. The Morgan fingerprint density at radius 2 is 2.08 bits per heavy atom. The van der Waals surface area contributed by atoms with Gasteiger partial charge >= 0.3 is 0 Å². The van der Waals surface area contributed by atoms with Crippen LogP contribution in [0.25, 0.3) is 0 Å². The first-order chi connectivity index (χ1) is 6.29. The van der Waals surface area contributed by atoms with Crippen molar-refractivity contribution in [2.24, 2.45) is 0 Å². The lowest BCUT2D eigenvalue weighted by Gasteiger charge is -1.99. The molecule has 0 N–H and O–H groups in total. The van der Waals surface area contributed by atoms with E-state index < -0.39 is 0 Å². The highest BCUT2D eigenvalue weighted by molar-refractivity contribution is 5.14. The second-order valence-electron chi connectivity index (χ2n) is 2.95. The number of rotatable bonds is 4. The highest BCUT2D eigenvalue weighted by atomic mass is 16.5. The van der Waals surface area contributed by atoms with E-state index in [4.69, 9.17) is 4.74 Å². The molecule has 0 aliphatic rings. The summed E-state index contributed by atoms with van der Waals surface area (Å²) in [7, 11) is 0. The normalized spacial score (nSPS) is 10.2. The fourth-order valence-corrected chi connectivity index (χ4v) is 0.883. The monoisotopic (exact) mass is 174 g/mol. The first kappa shape index (κ1) is 9.59. The van der Waals surface area contributed by atoms with Crippen LogP contribution in [0.1, 0.15) is 12.5 Å². The molecule has 0 amide bonds. The number of hydrogen-bond acceptors (Lipinski definition) is 1. The number of benzene rings is 1. The average Bonchev–Trinajstić information content (AvgIpc) is 2.14. The van der Waals surface area contributed by atoms with Crippen molar-refractivity contribution in [1.29, 1.82) is 0 Å². The van der Waals surface area contributed by atoms with Crippen LogP contribution < -0.4 is 0 Å². The molecule has 0 radical (unpaired) electrons. The zero-order valence-electron chi connectivity index (χ0n) is 7.86. The van der Waals surface area contributed by atoms with Crippen molar-refractivity contribution in [3.8, 4) is 0 Å². The Kier molecular flexibility index (Phi) is 3.83. The molecule has 1 nitrogen and oxygen atoms in total. The van der Waals surface area contributed by atoms with Crippen molar-refractivity contribution >= 4 is 0 Å². The van der Waals surface area contributed by atoms with Crippen LogP contribution in [0.5, 0.6) is 0 Å². The molecule has 0 unspecified atom stereocenters. The van der Waals surface area contributed by atoms with Gasteiger partial charge in [-0.2, -0.15) is 0 Å². The van der Waals surface area contributed by atoms with Crippen LogP contribution in [0.3, 0.4) is 0 Å². The minimum absolute atomic E-state index is 0.616. The Balaban J connectivity index is 2.32. The highest BCUT2D eigenvalue weighted by Crippen LogP contribution is 2.01. The fraction of sp³-hybridized carbons (Fsp3) is 0.167. The van der Waals surface area contributed by atoms with Crippen LogP contribution in [-0.2, 0) is 11.3 Å². The van der Waals surface area contributed by atoms with Gasteiger partial charge in [-0.25, -0.2) is 0 Å². The van der Waals surface area contributed by atoms with Crippen molar-refractivity contribution in [1.82, 2.24) is 0 Å². The number of hydrogen-bond donors (Lipinski definition) is 0. The molecule has 0 aromatic heterocycles. The average molecular weight is 174 g/mol. The third kappa shape index (κ3) is 4.16. The molecule has 1 heteroatoms. The van der Waals surface area contributed by atoms with Crippen molar-refractivity contribution in [2.75, 3.05) is 0 Å². The lowest BCUT2D eigenvalue weighted by Crippen LogP contribution is -1.84. The van der Waals surface area contributed by atoms with E-state index in [1.807, 2.05) is 43.3 Å². The molecular formula is C12H14O. The summed E-state index contributed by atoms with van der Waals surface area (Å²) in [6.45, 7) is 6.28. The predicted molar refractivity (Wildman–Crippen MR) is 55.2 cm³/mol. The first-order valence-electron chi connectivity index (χ1n) is 4.26. The van der Waals surface area contributed by atoms with Crippen molar-refractivity contribution in [3.05, 3.63) is 60.4 Å². The smallest absolute Gasteiger partial charge is 0.112 e. The van der Waals surface area contributed by atoms with Crippen molar-refractivity contribution in [2.45, 2.75) is 13.5 Å². The zero-order valence-corrected chi connectivity index (χ0v) is 7.86. The first-order valence-corrected chi connectivity index (χ1v) is 4.26. The van der Waals surface area contributed by atoms with Gasteiger partial charge in [0.15, 0.2) is 0 Å². The van der Waals surface area contributed by atoms with Gasteiger partial charge in [-0.15, -0.1) is 0 Å². The summed E-state index contributed by atoms with van der Waals surface area (Å²) in [5.41, 5.74) is 2.17. The van der Waals surface area contributed by atoms with E-state index in [1.165, 1.54) is 5.56 Å². The Hall–Kier alpha value is -1.50. The Morgan fingerprint density at radius 1 is 1.38 bits per heavy atom. The Bertz CT molecular complexity index is 285. The van der Waals surface area contributed by atoms with Gasteiger partial charge in [-0.3, -0.25) is 0 Å². The van der Waals surface area contributed by atoms with Gasteiger partial charge in [0, 0.05) is 0 Å². The second-order valence-corrected chi connectivity index (χ2v) is 2.95. The summed E-state index contributed by atoms with van der Waals surface area (Å²) in [4.78, 5) is 0. The molecule has 0 fully saturated rings. The Labute approximate surface area is 79.4 Å². The van der Waals surface area contributed by atoms with Crippen LogP contribution in [0.4, 0.5) is 0 Å². The summed E-state index contributed by atoms with van der Waals surface area (Å²) in [6.07, 6.45) is 3.53. The van der Waals surface area contributed by atoms with E-state index >= 15 is 0 Å². The predicted octanol–water partition coefficient (Wildman–Crippen LogP) is 3.29. The molecule has 13 heavy (non-hydrogen) atoms. The van der Waals surface area contributed by atoms with Crippen LogP contribution in [0.15, 0.2) is 54.8 Å². The SMILES string of the molecule is C=C(C)C=COCc1ccccc1. The van der Waals surface area contributed by atoms with Crippen LogP contribution in [-0.4, -0.2) is 0 Å².